The number of benzene rings is 2. The fourth-order valence-corrected chi connectivity index (χ4v) is 4.58. The predicted molar refractivity (Wildman–Crippen MR) is 135 cm³/mol. The molecule has 2 aromatic carbocycles. The average molecular weight is 497 g/mol. The highest BCUT2D eigenvalue weighted by Gasteiger charge is 2.33. The van der Waals surface area contributed by atoms with E-state index in [9.17, 15) is 14.4 Å². The summed E-state index contributed by atoms with van der Waals surface area (Å²) in [5.74, 6) is -0.543. The maximum atomic E-state index is 13.5. The fraction of sp³-hybridized carbons (Fsp3) is 0.385. The number of carbonyl (C=O) groups excluding carboxylic acids is 2. The zero-order chi connectivity index (χ0) is 24.9. The number of ether oxygens (including phenoxy) is 1. The van der Waals surface area contributed by atoms with E-state index in [2.05, 4.69) is 5.10 Å². The van der Waals surface area contributed by atoms with Crippen LogP contribution in [0, 0.1) is 0 Å². The Kier molecular flexibility index (Phi) is 7.83. The van der Waals surface area contributed by atoms with Crippen LogP contribution in [0.4, 0.5) is 0 Å². The maximum absolute atomic E-state index is 13.5. The molecule has 184 valence electrons. The number of fused-ring (bicyclic) bond motifs is 1. The van der Waals surface area contributed by atoms with E-state index in [1.165, 1.54) is 4.68 Å². The Balaban J connectivity index is 1.57. The first kappa shape index (κ1) is 24.9. The predicted octanol–water partition coefficient (Wildman–Crippen LogP) is 3.52. The molecule has 1 aliphatic rings. The highest BCUT2D eigenvalue weighted by atomic mass is 35.5. The molecule has 8 nitrogen and oxygen atoms in total. The van der Waals surface area contributed by atoms with Gasteiger partial charge in [-0.2, -0.15) is 5.10 Å². The van der Waals surface area contributed by atoms with Crippen LogP contribution in [0.5, 0.6) is 0 Å². The summed E-state index contributed by atoms with van der Waals surface area (Å²) in [5.41, 5.74) is 0.887. The average Bonchev–Trinajstić information content (AvgIpc) is 2.87. The van der Waals surface area contributed by atoms with E-state index >= 15 is 0 Å². The minimum atomic E-state index is -0.574. The molecular formula is C26H29ClN4O4. The smallest absolute Gasteiger partial charge is 0.328 e. The van der Waals surface area contributed by atoms with Crippen LogP contribution in [0.25, 0.3) is 10.8 Å². The molecular weight excluding hydrogens is 468 g/mol. The topological polar surface area (TPSA) is 84.7 Å². The van der Waals surface area contributed by atoms with Crippen LogP contribution >= 0.6 is 11.6 Å². The number of nitrogens with zero attached hydrogens (tertiary/aromatic N) is 4. The van der Waals surface area contributed by atoms with Gasteiger partial charge >= 0.3 is 5.97 Å². The van der Waals surface area contributed by atoms with Crippen LogP contribution in [0.2, 0.25) is 5.02 Å². The molecule has 0 unspecified atom stereocenters. The second-order valence-electron chi connectivity index (χ2n) is 8.46. The van der Waals surface area contributed by atoms with Crippen molar-refractivity contribution < 1.29 is 14.3 Å². The Labute approximate surface area is 209 Å². The molecule has 0 bridgehead atoms. The quantitative estimate of drug-likeness (QED) is 0.465. The summed E-state index contributed by atoms with van der Waals surface area (Å²) in [6, 6.07) is 13.7. The summed E-state index contributed by atoms with van der Waals surface area (Å²) in [4.78, 5) is 42.9. The second-order valence-corrected chi connectivity index (χ2v) is 8.89. The molecule has 0 N–H and O–H groups in total. The number of hydrogen-bond donors (Lipinski definition) is 0. The van der Waals surface area contributed by atoms with Gasteiger partial charge in [0.05, 0.1) is 12.0 Å². The zero-order valence-corrected chi connectivity index (χ0v) is 20.7. The molecule has 35 heavy (non-hydrogen) atoms. The Morgan fingerprint density at radius 3 is 2.29 bits per heavy atom. The van der Waals surface area contributed by atoms with Crippen molar-refractivity contribution in [2.24, 2.45) is 0 Å². The number of halogens is 1. The van der Waals surface area contributed by atoms with Crippen molar-refractivity contribution in [1.82, 2.24) is 19.6 Å². The Hall–Kier alpha value is -3.23. The van der Waals surface area contributed by atoms with Crippen molar-refractivity contribution in [3.8, 4) is 0 Å². The van der Waals surface area contributed by atoms with Crippen molar-refractivity contribution in [2.75, 3.05) is 32.8 Å². The van der Waals surface area contributed by atoms with Crippen molar-refractivity contribution >= 4 is 34.2 Å². The molecule has 1 aliphatic heterocycles. The molecule has 2 heterocycles. The fourth-order valence-electron chi connectivity index (χ4n) is 4.45. The minimum absolute atomic E-state index is 0.191. The third-order valence-corrected chi connectivity index (χ3v) is 6.42. The van der Waals surface area contributed by atoms with Gasteiger partial charge in [-0.25, -0.2) is 9.48 Å². The Morgan fingerprint density at radius 1 is 1.00 bits per heavy atom. The number of hydrogen-bond acceptors (Lipinski definition) is 6. The molecule has 0 aliphatic carbocycles. The number of piperazine rings is 1. The summed E-state index contributed by atoms with van der Waals surface area (Å²) in [5, 5.41) is 6.08. The number of amides is 1. The molecule has 1 fully saturated rings. The largest absolute Gasteiger partial charge is 0.465 e. The van der Waals surface area contributed by atoms with E-state index in [0.29, 0.717) is 48.5 Å². The highest BCUT2D eigenvalue weighted by Crippen LogP contribution is 2.26. The lowest BCUT2D eigenvalue weighted by Gasteiger charge is -2.38. The molecule has 0 saturated carbocycles. The molecule has 1 saturated heterocycles. The van der Waals surface area contributed by atoms with Gasteiger partial charge in [0.25, 0.3) is 11.5 Å². The second kappa shape index (κ2) is 11.0. The van der Waals surface area contributed by atoms with Gasteiger partial charge in [-0.3, -0.25) is 14.5 Å². The SMILES string of the molecule is CCCn1nc(C(=O)N2CCN([C@H](C(=O)OCC)c3ccc(Cl)cc3)CC2)c2ccccc2c1=O. The minimum Gasteiger partial charge on any atom is -0.465 e. The van der Waals surface area contributed by atoms with Gasteiger partial charge in [0, 0.05) is 43.1 Å². The van der Waals surface area contributed by atoms with Gasteiger partial charge in [0.2, 0.25) is 0 Å². The number of aryl methyl sites for hydroxylation is 1. The number of aromatic nitrogens is 2. The molecule has 1 aromatic heterocycles. The molecule has 0 radical (unpaired) electrons. The maximum Gasteiger partial charge on any atom is 0.328 e. The molecule has 9 heteroatoms. The third kappa shape index (κ3) is 5.23. The zero-order valence-electron chi connectivity index (χ0n) is 19.9. The van der Waals surface area contributed by atoms with Crippen molar-refractivity contribution in [1.29, 1.82) is 0 Å². The lowest BCUT2D eigenvalue weighted by molar-refractivity contribution is -0.150. The van der Waals surface area contributed by atoms with Gasteiger partial charge in [-0.15, -0.1) is 0 Å². The van der Waals surface area contributed by atoms with E-state index in [4.69, 9.17) is 16.3 Å². The Bertz CT molecular complexity index is 1270. The van der Waals surface area contributed by atoms with Crippen LogP contribution in [0.15, 0.2) is 53.3 Å². The van der Waals surface area contributed by atoms with Crippen LogP contribution in [-0.4, -0.2) is 64.2 Å². The van der Waals surface area contributed by atoms with E-state index in [1.54, 1.807) is 48.2 Å². The van der Waals surface area contributed by atoms with Gasteiger partial charge < -0.3 is 9.64 Å². The number of rotatable bonds is 7. The van der Waals surface area contributed by atoms with Crippen LogP contribution < -0.4 is 5.56 Å². The molecule has 1 atom stereocenters. The lowest BCUT2D eigenvalue weighted by Crippen LogP contribution is -2.51. The summed E-state index contributed by atoms with van der Waals surface area (Å²) < 4.78 is 6.72. The summed E-state index contributed by atoms with van der Waals surface area (Å²) in [6.07, 6.45) is 0.734. The van der Waals surface area contributed by atoms with Gasteiger partial charge in [0.15, 0.2) is 5.69 Å². The normalized spacial score (nSPS) is 15.2. The highest BCUT2D eigenvalue weighted by molar-refractivity contribution is 6.30. The van der Waals surface area contributed by atoms with Gasteiger partial charge in [0.1, 0.15) is 6.04 Å². The molecule has 1 amide bonds. The molecule has 0 spiro atoms. The summed E-state index contributed by atoms with van der Waals surface area (Å²) in [7, 11) is 0. The molecule has 3 aromatic rings. The van der Waals surface area contributed by atoms with E-state index in [0.717, 1.165) is 12.0 Å². The standard InChI is InChI=1S/C26H29ClN4O4/c1-3-13-31-24(32)21-8-6-5-7-20(21)22(28-31)25(33)30-16-14-29(15-17-30)23(26(34)35-4-2)18-9-11-19(27)12-10-18/h5-12,23H,3-4,13-17H2,1-2H3/t23-/m0/s1. The van der Waals surface area contributed by atoms with E-state index < -0.39 is 6.04 Å². The van der Waals surface area contributed by atoms with Gasteiger partial charge in [-0.1, -0.05) is 48.9 Å². The summed E-state index contributed by atoms with van der Waals surface area (Å²) >= 11 is 6.04. The molecule has 4 rings (SSSR count). The van der Waals surface area contributed by atoms with Crippen LogP contribution in [-0.2, 0) is 16.1 Å². The third-order valence-electron chi connectivity index (χ3n) is 6.17. The van der Waals surface area contributed by atoms with E-state index in [1.807, 2.05) is 24.0 Å². The van der Waals surface area contributed by atoms with Crippen molar-refractivity contribution in [3.05, 3.63) is 75.2 Å². The van der Waals surface area contributed by atoms with Crippen molar-refractivity contribution in [2.45, 2.75) is 32.9 Å². The monoisotopic (exact) mass is 496 g/mol. The first-order valence-electron chi connectivity index (χ1n) is 11.9. The Morgan fingerprint density at radius 2 is 1.66 bits per heavy atom. The number of esters is 1. The van der Waals surface area contributed by atoms with Gasteiger partial charge in [-0.05, 0) is 37.1 Å². The van der Waals surface area contributed by atoms with Crippen LogP contribution in [0.3, 0.4) is 0 Å². The first-order valence-corrected chi connectivity index (χ1v) is 12.3. The summed E-state index contributed by atoms with van der Waals surface area (Å²) in [6.45, 7) is 6.30. The first-order chi connectivity index (χ1) is 16.9. The van der Waals surface area contributed by atoms with E-state index in [-0.39, 0.29) is 29.7 Å². The number of carbonyl (C=O) groups is 2. The lowest BCUT2D eigenvalue weighted by atomic mass is 10.0. The van der Waals surface area contributed by atoms with Crippen LogP contribution in [0.1, 0.15) is 42.4 Å². The van der Waals surface area contributed by atoms with Crippen molar-refractivity contribution in [3.63, 3.8) is 0 Å².